The van der Waals surface area contributed by atoms with E-state index < -0.39 is 6.04 Å². The number of anilines is 1. The topological polar surface area (TPSA) is 86.1 Å². The number of hydrogen-bond donors (Lipinski definition) is 1. The molecular weight excluding hydrogens is 400 g/mol. The van der Waals surface area contributed by atoms with Crippen molar-refractivity contribution in [1.29, 1.82) is 0 Å². The van der Waals surface area contributed by atoms with Crippen LogP contribution in [0.3, 0.4) is 0 Å². The van der Waals surface area contributed by atoms with Gasteiger partial charge < -0.3 is 10.1 Å². The Morgan fingerprint density at radius 2 is 1.90 bits per heavy atom. The van der Waals surface area contributed by atoms with E-state index in [0.29, 0.717) is 10.8 Å². The third-order valence-electron chi connectivity index (χ3n) is 4.73. The first-order valence-electron chi connectivity index (χ1n) is 9.37. The number of methoxy groups -OCH3 is 1. The summed E-state index contributed by atoms with van der Waals surface area (Å²) in [5.41, 5.74) is 3.01. The second-order valence-electron chi connectivity index (χ2n) is 6.89. The number of nitrogens with one attached hydrogen (secondary N) is 1. The highest BCUT2D eigenvalue weighted by Gasteiger charge is 2.19. The van der Waals surface area contributed by atoms with Crippen molar-refractivity contribution in [2.24, 2.45) is 0 Å². The van der Waals surface area contributed by atoms with Gasteiger partial charge in [-0.1, -0.05) is 17.4 Å². The molecule has 8 heteroatoms. The summed E-state index contributed by atoms with van der Waals surface area (Å²) in [5, 5.41) is 7.70. The van der Waals surface area contributed by atoms with Crippen molar-refractivity contribution >= 4 is 32.6 Å². The number of carbonyl (C=O) groups excluding carboxylic acids is 1. The van der Waals surface area contributed by atoms with Crippen LogP contribution in [-0.2, 0) is 4.79 Å². The monoisotopic (exact) mass is 420 g/mol. The number of benzene rings is 2. The molecule has 1 amide bonds. The van der Waals surface area contributed by atoms with Gasteiger partial charge in [0, 0.05) is 11.6 Å². The first-order valence-corrected chi connectivity index (χ1v) is 10.2. The Bertz CT molecular complexity index is 1280. The molecule has 30 heavy (non-hydrogen) atoms. The summed E-state index contributed by atoms with van der Waals surface area (Å²) < 4.78 is 7.35. The van der Waals surface area contributed by atoms with E-state index in [1.165, 1.54) is 22.1 Å². The molecule has 152 valence electrons. The lowest BCUT2D eigenvalue weighted by Gasteiger charge is -2.14. The third-order valence-corrected chi connectivity index (χ3v) is 5.66. The fourth-order valence-electron chi connectivity index (χ4n) is 3.02. The molecule has 2 heterocycles. The number of fused-ring (bicyclic) bond motifs is 1. The van der Waals surface area contributed by atoms with Crippen LogP contribution in [0.5, 0.6) is 5.75 Å². The number of hydrogen-bond acceptors (Lipinski definition) is 6. The van der Waals surface area contributed by atoms with Gasteiger partial charge in [-0.05, 0) is 61.9 Å². The standard InChI is InChI=1S/C22H20N4O3S/c1-13-4-9-18-19(12-13)30-22(23-18)24-21(28)14(2)26-20(27)11-10-17(25-26)15-5-7-16(29-3)8-6-15/h4-12,14H,1-3H3,(H,23,24,28). The van der Waals surface area contributed by atoms with Gasteiger partial charge in [-0.3, -0.25) is 9.59 Å². The Morgan fingerprint density at radius 1 is 1.13 bits per heavy atom. The number of nitrogens with zero attached hydrogens (tertiary/aromatic N) is 3. The number of thiazole rings is 1. The fraction of sp³-hybridized carbons (Fsp3) is 0.182. The van der Waals surface area contributed by atoms with E-state index in [0.717, 1.165) is 27.1 Å². The first kappa shape index (κ1) is 19.8. The Morgan fingerprint density at radius 3 is 2.63 bits per heavy atom. The molecule has 0 saturated heterocycles. The van der Waals surface area contributed by atoms with Gasteiger partial charge in [0.1, 0.15) is 11.8 Å². The van der Waals surface area contributed by atoms with Crippen molar-refractivity contribution in [2.75, 3.05) is 12.4 Å². The molecule has 0 saturated carbocycles. The largest absolute Gasteiger partial charge is 0.497 e. The zero-order valence-electron chi connectivity index (χ0n) is 16.7. The summed E-state index contributed by atoms with van der Waals surface area (Å²) in [6.45, 7) is 3.65. The summed E-state index contributed by atoms with van der Waals surface area (Å²) in [7, 11) is 1.60. The molecule has 0 spiro atoms. The summed E-state index contributed by atoms with van der Waals surface area (Å²) in [6.07, 6.45) is 0. The Hall–Kier alpha value is -3.52. The smallest absolute Gasteiger partial charge is 0.267 e. The molecule has 0 fully saturated rings. The summed E-state index contributed by atoms with van der Waals surface area (Å²) in [5.74, 6) is 0.373. The second-order valence-corrected chi connectivity index (χ2v) is 7.92. The van der Waals surface area contributed by atoms with E-state index in [2.05, 4.69) is 15.4 Å². The molecule has 0 bridgehead atoms. The number of aromatic nitrogens is 3. The highest BCUT2D eigenvalue weighted by atomic mass is 32.1. The molecule has 2 aromatic carbocycles. The molecular formula is C22H20N4O3S. The number of aryl methyl sites for hydroxylation is 1. The molecule has 4 aromatic rings. The van der Waals surface area contributed by atoms with Crippen molar-refractivity contribution in [2.45, 2.75) is 19.9 Å². The predicted octanol–water partition coefficient (Wildman–Crippen LogP) is 4.04. The highest BCUT2D eigenvalue weighted by Crippen LogP contribution is 2.27. The molecule has 1 unspecified atom stereocenters. The van der Waals surface area contributed by atoms with Gasteiger partial charge in [0.2, 0.25) is 0 Å². The Labute approximate surface area is 177 Å². The number of ether oxygens (including phenoxy) is 1. The van der Waals surface area contributed by atoms with Gasteiger partial charge in [0.15, 0.2) is 5.13 Å². The lowest BCUT2D eigenvalue weighted by atomic mass is 10.1. The zero-order valence-corrected chi connectivity index (χ0v) is 17.6. The van der Waals surface area contributed by atoms with Gasteiger partial charge in [0.05, 0.1) is 23.0 Å². The Balaban J connectivity index is 1.58. The lowest BCUT2D eigenvalue weighted by Crippen LogP contribution is -2.33. The van der Waals surface area contributed by atoms with E-state index in [9.17, 15) is 9.59 Å². The van der Waals surface area contributed by atoms with Crippen molar-refractivity contribution in [1.82, 2.24) is 14.8 Å². The molecule has 1 atom stereocenters. The maximum atomic E-state index is 12.8. The third kappa shape index (κ3) is 3.95. The molecule has 1 N–H and O–H groups in total. The molecule has 0 aliphatic rings. The Kier molecular flexibility index (Phi) is 5.33. The van der Waals surface area contributed by atoms with E-state index >= 15 is 0 Å². The average Bonchev–Trinajstić information content (AvgIpc) is 3.15. The highest BCUT2D eigenvalue weighted by molar-refractivity contribution is 7.22. The van der Waals surface area contributed by atoms with E-state index in [4.69, 9.17) is 4.74 Å². The number of carbonyl (C=O) groups is 1. The quantitative estimate of drug-likeness (QED) is 0.527. The van der Waals surface area contributed by atoms with Crippen molar-refractivity contribution < 1.29 is 9.53 Å². The molecule has 7 nitrogen and oxygen atoms in total. The summed E-state index contributed by atoms with van der Waals surface area (Å²) in [6, 6.07) is 15.5. The second kappa shape index (κ2) is 8.08. The number of amides is 1. The van der Waals surface area contributed by atoms with Crippen LogP contribution in [0.1, 0.15) is 18.5 Å². The summed E-state index contributed by atoms with van der Waals surface area (Å²) in [4.78, 5) is 29.6. The minimum Gasteiger partial charge on any atom is -0.497 e. The van der Waals surface area contributed by atoms with Crippen LogP contribution in [0.4, 0.5) is 5.13 Å². The minimum absolute atomic E-state index is 0.352. The average molecular weight is 420 g/mol. The van der Waals surface area contributed by atoms with Crippen LogP contribution in [0.25, 0.3) is 21.5 Å². The van der Waals surface area contributed by atoms with E-state index in [-0.39, 0.29) is 11.5 Å². The minimum atomic E-state index is -0.801. The fourth-order valence-corrected chi connectivity index (χ4v) is 3.99. The maximum Gasteiger partial charge on any atom is 0.267 e. The van der Waals surface area contributed by atoms with Gasteiger partial charge in [-0.2, -0.15) is 5.10 Å². The normalized spacial score (nSPS) is 12.0. The van der Waals surface area contributed by atoms with Gasteiger partial charge >= 0.3 is 0 Å². The predicted molar refractivity (Wildman–Crippen MR) is 118 cm³/mol. The van der Waals surface area contributed by atoms with Gasteiger partial charge in [-0.25, -0.2) is 9.67 Å². The van der Waals surface area contributed by atoms with Crippen molar-refractivity contribution in [3.05, 3.63) is 70.5 Å². The van der Waals surface area contributed by atoms with Crippen molar-refractivity contribution in [3.63, 3.8) is 0 Å². The van der Waals surface area contributed by atoms with Crippen LogP contribution >= 0.6 is 11.3 Å². The molecule has 2 aromatic heterocycles. The molecule has 0 aliphatic carbocycles. The van der Waals surface area contributed by atoms with Crippen LogP contribution in [0.2, 0.25) is 0 Å². The molecule has 4 rings (SSSR count). The van der Waals surface area contributed by atoms with Gasteiger partial charge in [-0.15, -0.1) is 0 Å². The maximum absolute atomic E-state index is 12.8. The van der Waals surface area contributed by atoms with Crippen LogP contribution in [-0.4, -0.2) is 27.8 Å². The van der Waals surface area contributed by atoms with Crippen LogP contribution < -0.4 is 15.6 Å². The van der Waals surface area contributed by atoms with Crippen LogP contribution in [0, 0.1) is 6.92 Å². The molecule has 0 aliphatic heterocycles. The van der Waals surface area contributed by atoms with Crippen LogP contribution in [0.15, 0.2) is 59.4 Å². The van der Waals surface area contributed by atoms with E-state index in [1.54, 1.807) is 20.1 Å². The zero-order chi connectivity index (χ0) is 21.3. The van der Waals surface area contributed by atoms with E-state index in [1.807, 2.05) is 49.4 Å². The molecule has 0 radical (unpaired) electrons. The van der Waals surface area contributed by atoms with Crippen molar-refractivity contribution in [3.8, 4) is 17.0 Å². The van der Waals surface area contributed by atoms with Gasteiger partial charge in [0.25, 0.3) is 11.5 Å². The first-order chi connectivity index (χ1) is 14.4. The number of rotatable bonds is 5. The lowest BCUT2D eigenvalue weighted by molar-refractivity contribution is -0.119. The summed E-state index contributed by atoms with van der Waals surface area (Å²) >= 11 is 1.40. The SMILES string of the molecule is COc1ccc(-c2ccc(=O)n(C(C)C(=O)Nc3nc4ccc(C)cc4s3)n2)cc1.